The van der Waals surface area contributed by atoms with Crippen molar-refractivity contribution in [1.29, 1.82) is 0 Å². The minimum atomic E-state index is -0.839. The van der Waals surface area contributed by atoms with E-state index in [-0.39, 0.29) is 6.42 Å². The Morgan fingerprint density at radius 3 is 2.75 bits per heavy atom. The first-order chi connectivity index (χ1) is 9.40. The second kappa shape index (κ2) is 4.34. The molecule has 0 fully saturated rings. The van der Waals surface area contributed by atoms with Gasteiger partial charge in [0.25, 0.3) is 0 Å². The number of hydrogen-bond donors (Lipinski definition) is 1. The molecule has 2 heterocycles. The van der Waals surface area contributed by atoms with Crippen LogP contribution in [0.2, 0.25) is 0 Å². The number of fused-ring (bicyclic) bond motifs is 3. The first-order valence-corrected chi connectivity index (χ1v) is 7.03. The number of rotatable bonds is 2. The summed E-state index contributed by atoms with van der Waals surface area (Å²) < 4.78 is 4.84. The molecule has 20 heavy (non-hydrogen) atoms. The maximum atomic E-state index is 11.1. The van der Waals surface area contributed by atoms with E-state index in [1.165, 1.54) is 0 Å². The largest absolute Gasteiger partial charge is 0.481 e. The van der Waals surface area contributed by atoms with Crippen LogP contribution >= 0.6 is 15.9 Å². The van der Waals surface area contributed by atoms with Gasteiger partial charge in [0, 0.05) is 17.2 Å². The highest BCUT2D eigenvalue weighted by molar-refractivity contribution is 9.10. The second-order valence-electron chi connectivity index (χ2n) is 5.00. The third-order valence-electron chi connectivity index (χ3n) is 3.71. The Bertz CT molecular complexity index is 861. The molecule has 0 aliphatic rings. The highest BCUT2D eigenvalue weighted by Crippen LogP contribution is 2.28. The van der Waals surface area contributed by atoms with Crippen molar-refractivity contribution in [2.45, 2.75) is 20.3 Å². The SMILES string of the molecule is Cc1cc(Br)cc2c1nc1n(C)c(C)c(CC(=O)O)n21. The van der Waals surface area contributed by atoms with E-state index in [0.29, 0.717) is 0 Å². The van der Waals surface area contributed by atoms with Gasteiger partial charge in [-0.05, 0) is 31.5 Å². The summed E-state index contributed by atoms with van der Waals surface area (Å²) in [5.41, 5.74) is 4.61. The lowest BCUT2D eigenvalue weighted by molar-refractivity contribution is -0.136. The van der Waals surface area contributed by atoms with Gasteiger partial charge in [-0.1, -0.05) is 15.9 Å². The number of hydrogen-bond acceptors (Lipinski definition) is 2. The molecule has 0 aliphatic heterocycles. The van der Waals surface area contributed by atoms with Crippen LogP contribution in [0.15, 0.2) is 16.6 Å². The number of halogens is 1. The standard InChI is InChI=1S/C14H14BrN3O2/c1-7-4-9(15)5-11-13(7)16-14-17(3)8(2)10(18(11)14)6-12(19)20/h4-5H,6H2,1-3H3,(H,19,20). The number of aryl methyl sites for hydroxylation is 2. The normalized spacial score (nSPS) is 11.6. The zero-order chi connectivity index (χ0) is 14.6. The van der Waals surface area contributed by atoms with E-state index in [9.17, 15) is 4.79 Å². The third-order valence-corrected chi connectivity index (χ3v) is 4.17. The van der Waals surface area contributed by atoms with Gasteiger partial charge >= 0.3 is 5.97 Å². The molecule has 3 rings (SSSR count). The lowest BCUT2D eigenvalue weighted by Gasteiger charge is -2.02. The summed E-state index contributed by atoms with van der Waals surface area (Å²) in [5.74, 6) is -0.0656. The van der Waals surface area contributed by atoms with Crippen LogP contribution in [-0.4, -0.2) is 25.0 Å². The third kappa shape index (κ3) is 1.75. The van der Waals surface area contributed by atoms with Gasteiger partial charge in [-0.3, -0.25) is 9.20 Å². The van der Waals surface area contributed by atoms with E-state index in [4.69, 9.17) is 5.11 Å². The zero-order valence-corrected chi connectivity index (χ0v) is 13.0. The van der Waals surface area contributed by atoms with Crippen LogP contribution in [0, 0.1) is 13.8 Å². The number of carbonyl (C=O) groups is 1. The summed E-state index contributed by atoms with van der Waals surface area (Å²) in [7, 11) is 1.91. The van der Waals surface area contributed by atoms with Crippen LogP contribution in [0.4, 0.5) is 0 Å². The molecule has 0 spiro atoms. The van der Waals surface area contributed by atoms with Crippen LogP contribution < -0.4 is 0 Å². The lowest BCUT2D eigenvalue weighted by Crippen LogP contribution is -2.05. The number of nitrogens with zero attached hydrogens (tertiary/aromatic N) is 3. The molecule has 3 aromatic rings. The molecule has 1 N–H and O–H groups in total. The van der Waals surface area contributed by atoms with Crippen LogP contribution in [0.1, 0.15) is 17.0 Å². The highest BCUT2D eigenvalue weighted by Gasteiger charge is 2.19. The van der Waals surface area contributed by atoms with Crippen molar-refractivity contribution in [2.75, 3.05) is 0 Å². The Morgan fingerprint density at radius 1 is 1.40 bits per heavy atom. The minimum Gasteiger partial charge on any atom is -0.481 e. The summed E-state index contributed by atoms with van der Waals surface area (Å²) in [6.07, 6.45) is -0.0137. The van der Waals surface area contributed by atoms with E-state index in [1.54, 1.807) is 0 Å². The van der Waals surface area contributed by atoms with Gasteiger partial charge in [-0.2, -0.15) is 0 Å². The van der Waals surface area contributed by atoms with Crippen molar-refractivity contribution >= 4 is 38.7 Å². The number of imidazole rings is 2. The molecule has 0 unspecified atom stereocenters. The van der Waals surface area contributed by atoms with E-state index in [1.807, 2.05) is 42.0 Å². The smallest absolute Gasteiger partial charge is 0.309 e. The average Bonchev–Trinajstić information content (AvgIpc) is 2.82. The number of benzene rings is 1. The Hall–Kier alpha value is -1.82. The van der Waals surface area contributed by atoms with E-state index in [2.05, 4.69) is 20.9 Å². The van der Waals surface area contributed by atoms with E-state index >= 15 is 0 Å². The predicted molar refractivity (Wildman–Crippen MR) is 80.2 cm³/mol. The summed E-state index contributed by atoms with van der Waals surface area (Å²) >= 11 is 3.49. The number of aliphatic carboxylic acids is 1. The van der Waals surface area contributed by atoms with Gasteiger partial charge in [0.15, 0.2) is 0 Å². The van der Waals surface area contributed by atoms with Gasteiger partial charge in [0.1, 0.15) is 0 Å². The number of carboxylic acid groups (broad SMARTS) is 1. The minimum absolute atomic E-state index is 0.0137. The maximum Gasteiger partial charge on any atom is 0.309 e. The first kappa shape index (κ1) is 13.2. The van der Waals surface area contributed by atoms with Gasteiger partial charge in [-0.25, -0.2) is 4.98 Å². The molecule has 0 saturated heterocycles. The summed E-state index contributed by atoms with van der Waals surface area (Å²) in [5, 5.41) is 9.13. The van der Waals surface area contributed by atoms with E-state index < -0.39 is 5.97 Å². The summed E-state index contributed by atoms with van der Waals surface area (Å²) in [6.45, 7) is 3.92. The first-order valence-electron chi connectivity index (χ1n) is 6.24. The fourth-order valence-corrected chi connectivity index (χ4v) is 3.20. The van der Waals surface area contributed by atoms with Crippen LogP contribution in [0.25, 0.3) is 16.8 Å². The van der Waals surface area contributed by atoms with Crippen molar-refractivity contribution in [1.82, 2.24) is 14.0 Å². The monoisotopic (exact) mass is 335 g/mol. The molecule has 104 valence electrons. The average molecular weight is 336 g/mol. The highest BCUT2D eigenvalue weighted by atomic mass is 79.9. The van der Waals surface area contributed by atoms with Gasteiger partial charge in [0.2, 0.25) is 5.78 Å². The van der Waals surface area contributed by atoms with Crippen molar-refractivity contribution in [3.05, 3.63) is 33.6 Å². The topological polar surface area (TPSA) is 59.5 Å². The van der Waals surface area contributed by atoms with Gasteiger partial charge in [-0.15, -0.1) is 0 Å². The van der Waals surface area contributed by atoms with Crippen molar-refractivity contribution < 1.29 is 9.90 Å². The van der Waals surface area contributed by atoms with Crippen LogP contribution in [-0.2, 0) is 18.3 Å². The Labute approximate surface area is 124 Å². The Morgan fingerprint density at radius 2 is 2.10 bits per heavy atom. The van der Waals surface area contributed by atoms with Crippen LogP contribution in [0.5, 0.6) is 0 Å². The van der Waals surface area contributed by atoms with E-state index in [0.717, 1.165) is 38.2 Å². The Kier molecular flexibility index (Phi) is 2.86. The number of carboxylic acids is 1. The molecule has 0 saturated carbocycles. The molecule has 2 aromatic heterocycles. The fraction of sp³-hybridized carbons (Fsp3) is 0.286. The molecular formula is C14H14BrN3O2. The number of aromatic nitrogens is 3. The molecular weight excluding hydrogens is 322 g/mol. The molecule has 1 aromatic carbocycles. The van der Waals surface area contributed by atoms with Crippen LogP contribution in [0.3, 0.4) is 0 Å². The molecule has 0 atom stereocenters. The fourth-order valence-electron chi connectivity index (χ4n) is 2.64. The summed E-state index contributed by atoms with van der Waals surface area (Å²) in [6, 6.07) is 3.99. The second-order valence-corrected chi connectivity index (χ2v) is 5.91. The Balaban J connectivity index is 2.49. The molecule has 0 radical (unpaired) electrons. The van der Waals surface area contributed by atoms with Crippen molar-refractivity contribution in [3.63, 3.8) is 0 Å². The molecule has 0 bridgehead atoms. The maximum absolute atomic E-state index is 11.1. The van der Waals surface area contributed by atoms with Gasteiger partial charge in [0.05, 0.1) is 23.1 Å². The molecule has 6 heteroatoms. The van der Waals surface area contributed by atoms with Gasteiger partial charge < -0.3 is 9.67 Å². The molecule has 5 nitrogen and oxygen atoms in total. The summed E-state index contributed by atoms with van der Waals surface area (Å²) in [4.78, 5) is 15.8. The predicted octanol–water partition coefficient (Wildman–Crippen LogP) is 2.83. The zero-order valence-electron chi connectivity index (χ0n) is 11.4. The van der Waals surface area contributed by atoms with Crippen molar-refractivity contribution in [2.24, 2.45) is 7.05 Å². The molecule has 0 amide bonds. The quantitative estimate of drug-likeness (QED) is 0.783. The molecule has 0 aliphatic carbocycles. The lowest BCUT2D eigenvalue weighted by atomic mass is 10.2. The van der Waals surface area contributed by atoms with Crippen molar-refractivity contribution in [3.8, 4) is 0 Å².